The molecular weight excluding hydrogens is 342 g/mol. The molecule has 1 aromatic heterocycles. The van der Waals surface area contributed by atoms with Crippen molar-refractivity contribution in [1.29, 1.82) is 0 Å². The topological polar surface area (TPSA) is 79.6 Å². The van der Waals surface area contributed by atoms with E-state index in [1.54, 1.807) is 0 Å². The summed E-state index contributed by atoms with van der Waals surface area (Å²) in [5.74, 6) is 2.64. The predicted octanol–water partition coefficient (Wildman–Crippen LogP) is 1.21. The highest BCUT2D eigenvalue weighted by Crippen LogP contribution is 2.13. The fourth-order valence-electron chi connectivity index (χ4n) is 3.66. The number of hydrogen-bond acceptors (Lipinski definition) is 5. The fraction of sp³-hybridized carbons (Fsp3) is 0.842. The van der Waals surface area contributed by atoms with Crippen molar-refractivity contribution in [2.24, 2.45) is 12.0 Å². The number of nitrogens with one attached hydrogen (secondary N) is 2. The lowest BCUT2D eigenvalue weighted by atomic mass is 10.0. The first-order chi connectivity index (χ1) is 13.0. The highest BCUT2D eigenvalue weighted by atomic mass is 16.5. The zero-order chi connectivity index (χ0) is 19.2. The van der Waals surface area contributed by atoms with Gasteiger partial charge >= 0.3 is 0 Å². The van der Waals surface area contributed by atoms with E-state index in [1.807, 2.05) is 18.5 Å². The minimum Gasteiger partial charge on any atom is -0.376 e. The minimum absolute atomic E-state index is 0.289. The lowest BCUT2D eigenvalue weighted by Gasteiger charge is -2.35. The van der Waals surface area contributed by atoms with Crippen molar-refractivity contribution in [3.8, 4) is 0 Å². The van der Waals surface area contributed by atoms with Crippen molar-refractivity contribution >= 4 is 5.96 Å². The van der Waals surface area contributed by atoms with Gasteiger partial charge in [-0.2, -0.15) is 0 Å². The summed E-state index contributed by atoms with van der Waals surface area (Å²) >= 11 is 0. The molecule has 0 amide bonds. The summed E-state index contributed by atoms with van der Waals surface area (Å²) in [6, 6.07) is 1.08. The van der Waals surface area contributed by atoms with Crippen LogP contribution in [-0.4, -0.2) is 70.1 Å². The van der Waals surface area contributed by atoms with Crippen LogP contribution in [0.25, 0.3) is 0 Å². The molecule has 8 nitrogen and oxygen atoms in total. The molecule has 1 unspecified atom stereocenters. The number of guanidine groups is 1. The third kappa shape index (κ3) is 5.65. The van der Waals surface area contributed by atoms with Crippen LogP contribution in [0.3, 0.4) is 0 Å². The maximum atomic E-state index is 5.74. The van der Waals surface area contributed by atoms with Crippen molar-refractivity contribution in [1.82, 2.24) is 30.3 Å². The van der Waals surface area contributed by atoms with Gasteiger partial charge in [-0.3, -0.25) is 0 Å². The smallest absolute Gasteiger partial charge is 0.192 e. The van der Waals surface area contributed by atoms with Gasteiger partial charge in [0.05, 0.1) is 6.10 Å². The highest BCUT2D eigenvalue weighted by molar-refractivity contribution is 5.80. The van der Waals surface area contributed by atoms with Crippen LogP contribution in [0.1, 0.15) is 51.2 Å². The summed E-state index contributed by atoms with van der Waals surface area (Å²) in [4.78, 5) is 7.32. The van der Waals surface area contributed by atoms with E-state index in [2.05, 4.69) is 39.6 Å². The standard InChI is InChI=1S/C19H35N7O/c1-14(2)26-9-7-16(8-10-26)22-19(20-12-17-6-5-11-27-17)21-13-18-24-23-15(3)25(18)4/h14,16-17H,5-13H2,1-4H3,(H2,20,21,22). The number of aromatic nitrogens is 3. The minimum atomic E-state index is 0.289. The predicted molar refractivity (Wildman–Crippen MR) is 107 cm³/mol. The molecule has 0 radical (unpaired) electrons. The molecule has 3 heterocycles. The lowest BCUT2D eigenvalue weighted by Crippen LogP contribution is -2.50. The van der Waals surface area contributed by atoms with Crippen LogP contribution >= 0.6 is 0 Å². The summed E-state index contributed by atoms with van der Waals surface area (Å²) in [5, 5.41) is 15.5. The lowest BCUT2D eigenvalue weighted by molar-refractivity contribution is 0.113. The summed E-state index contributed by atoms with van der Waals surface area (Å²) in [5.41, 5.74) is 0. The van der Waals surface area contributed by atoms with Gasteiger partial charge < -0.3 is 24.8 Å². The molecule has 3 rings (SSSR count). The molecule has 27 heavy (non-hydrogen) atoms. The van der Waals surface area contributed by atoms with E-state index in [1.165, 1.54) is 0 Å². The number of piperidine rings is 1. The van der Waals surface area contributed by atoms with Crippen LogP contribution in [0.4, 0.5) is 0 Å². The van der Waals surface area contributed by atoms with Crippen LogP contribution in [0.15, 0.2) is 4.99 Å². The van der Waals surface area contributed by atoms with Crippen LogP contribution in [0.2, 0.25) is 0 Å². The second-order valence-electron chi connectivity index (χ2n) is 7.95. The first kappa shape index (κ1) is 20.1. The first-order valence-electron chi connectivity index (χ1n) is 10.3. The van der Waals surface area contributed by atoms with Gasteiger partial charge in [-0.1, -0.05) is 0 Å². The molecule has 0 bridgehead atoms. The maximum absolute atomic E-state index is 5.74. The molecule has 2 aliphatic rings. The Morgan fingerprint density at radius 1 is 1.26 bits per heavy atom. The van der Waals surface area contributed by atoms with Crippen molar-refractivity contribution in [3.05, 3.63) is 11.6 Å². The van der Waals surface area contributed by atoms with Gasteiger partial charge in [0.1, 0.15) is 12.4 Å². The Hall–Kier alpha value is -1.67. The van der Waals surface area contributed by atoms with E-state index in [-0.39, 0.29) is 6.10 Å². The van der Waals surface area contributed by atoms with E-state index in [9.17, 15) is 0 Å². The molecule has 2 N–H and O–H groups in total. The summed E-state index contributed by atoms with van der Waals surface area (Å²) in [7, 11) is 1.98. The van der Waals surface area contributed by atoms with Gasteiger partial charge in [-0.25, -0.2) is 4.99 Å². The van der Waals surface area contributed by atoms with Gasteiger partial charge in [-0.05, 0) is 46.5 Å². The Balaban J connectivity index is 1.58. The third-order valence-electron chi connectivity index (χ3n) is 5.68. The molecule has 2 fully saturated rings. The number of nitrogens with zero attached hydrogens (tertiary/aromatic N) is 5. The number of rotatable bonds is 6. The zero-order valence-electron chi connectivity index (χ0n) is 17.2. The molecule has 0 spiro atoms. The third-order valence-corrected chi connectivity index (χ3v) is 5.68. The first-order valence-corrected chi connectivity index (χ1v) is 10.3. The molecular formula is C19H35N7O. The molecule has 1 atom stereocenters. The number of aryl methyl sites for hydroxylation is 1. The maximum Gasteiger partial charge on any atom is 0.192 e. The average Bonchev–Trinajstić information content (AvgIpc) is 3.29. The number of aliphatic imine (C=N–C) groups is 1. The number of likely N-dealkylation sites (tertiary alicyclic amines) is 1. The number of hydrogen-bond donors (Lipinski definition) is 2. The quantitative estimate of drug-likeness (QED) is 0.573. The van der Waals surface area contributed by atoms with Gasteiger partial charge in [-0.15, -0.1) is 10.2 Å². The van der Waals surface area contributed by atoms with Gasteiger partial charge in [0.25, 0.3) is 0 Å². The van der Waals surface area contributed by atoms with Crippen LogP contribution in [0, 0.1) is 6.92 Å². The Morgan fingerprint density at radius 2 is 2.04 bits per heavy atom. The average molecular weight is 378 g/mol. The van der Waals surface area contributed by atoms with Gasteiger partial charge in [0, 0.05) is 45.4 Å². The van der Waals surface area contributed by atoms with Crippen LogP contribution in [-0.2, 0) is 18.3 Å². The Bertz CT molecular complexity index is 614. The van der Waals surface area contributed by atoms with Gasteiger partial charge in [0.15, 0.2) is 11.8 Å². The van der Waals surface area contributed by atoms with Crippen molar-refractivity contribution < 1.29 is 4.74 Å². The molecule has 0 aromatic carbocycles. The van der Waals surface area contributed by atoms with E-state index >= 15 is 0 Å². The van der Waals surface area contributed by atoms with E-state index < -0.39 is 0 Å². The van der Waals surface area contributed by atoms with E-state index in [4.69, 9.17) is 9.73 Å². The summed E-state index contributed by atoms with van der Waals surface area (Å²) in [6.07, 6.45) is 4.84. The zero-order valence-corrected chi connectivity index (χ0v) is 17.2. The summed E-state index contributed by atoms with van der Waals surface area (Å²) < 4.78 is 7.73. The number of ether oxygens (including phenoxy) is 1. The van der Waals surface area contributed by atoms with Gasteiger partial charge in [0.2, 0.25) is 0 Å². The second kappa shape index (κ2) is 9.50. The monoisotopic (exact) mass is 377 g/mol. The van der Waals surface area contributed by atoms with Crippen molar-refractivity contribution in [2.75, 3.05) is 26.2 Å². The molecule has 1 aromatic rings. The van der Waals surface area contributed by atoms with E-state index in [0.717, 1.165) is 69.5 Å². The van der Waals surface area contributed by atoms with Crippen LogP contribution in [0.5, 0.6) is 0 Å². The molecule has 152 valence electrons. The summed E-state index contributed by atoms with van der Waals surface area (Å²) in [6.45, 7) is 11.0. The van der Waals surface area contributed by atoms with Crippen molar-refractivity contribution in [3.63, 3.8) is 0 Å². The second-order valence-corrected chi connectivity index (χ2v) is 7.95. The Labute approximate surface area is 162 Å². The largest absolute Gasteiger partial charge is 0.376 e. The van der Waals surface area contributed by atoms with Crippen molar-refractivity contribution in [2.45, 2.75) is 71.2 Å². The highest BCUT2D eigenvalue weighted by Gasteiger charge is 2.22. The normalized spacial score (nSPS) is 22.6. The molecule has 2 aliphatic heterocycles. The molecule has 8 heteroatoms. The Morgan fingerprint density at radius 3 is 2.63 bits per heavy atom. The molecule has 2 saturated heterocycles. The molecule has 0 saturated carbocycles. The van der Waals surface area contributed by atoms with Crippen LogP contribution < -0.4 is 10.6 Å². The molecule has 0 aliphatic carbocycles. The van der Waals surface area contributed by atoms with E-state index in [0.29, 0.717) is 18.6 Å². The fourth-order valence-corrected chi connectivity index (χ4v) is 3.66. The Kier molecular flexibility index (Phi) is 7.07. The SMILES string of the molecule is Cc1nnc(CN=C(NCC2CCCO2)NC2CCN(C(C)C)CC2)n1C.